The number of fused-ring (bicyclic) bond motifs is 5. The molecule has 4 aromatic rings. The Hall–Kier alpha value is -5.03. The average Bonchev–Trinajstić information content (AvgIpc) is 3.67. The second-order valence-corrected chi connectivity index (χ2v) is 10.3. The number of carbonyl (C=O) groups excluding carboxylic acids is 3. The largest absolute Gasteiger partial charge is 0.495 e. The average molecular weight is 538 g/mol. The highest BCUT2D eigenvalue weighted by Crippen LogP contribution is 2.54. The molecule has 3 aliphatic rings. The lowest BCUT2D eigenvalue weighted by Gasteiger charge is -2.29. The third kappa shape index (κ3) is 3.12. The molecule has 2 fully saturated rings. The fraction of sp³-hybridized carbons (Fsp3) is 0.207. The number of non-ortho nitro benzene ring substituents is 1. The summed E-state index contributed by atoms with van der Waals surface area (Å²) in [5.74, 6) is -3.43. The van der Waals surface area contributed by atoms with E-state index in [4.69, 9.17) is 4.74 Å². The number of hydrogen-bond acceptors (Lipinski definition) is 7. The summed E-state index contributed by atoms with van der Waals surface area (Å²) in [5, 5.41) is 18.9. The third-order valence-electron chi connectivity index (χ3n) is 8.35. The van der Waals surface area contributed by atoms with Crippen LogP contribution in [0.5, 0.6) is 5.75 Å². The van der Waals surface area contributed by atoms with Crippen molar-refractivity contribution in [2.75, 3.05) is 17.3 Å². The lowest BCUT2D eigenvalue weighted by Crippen LogP contribution is -2.53. The highest BCUT2D eigenvalue weighted by atomic mass is 16.6. The standard InChI is InChI=1S/C29H23N5O6/c1-40-23-11-10-16(34(38)39)13-22(23)33-26(35)24-21(12-15-14-30-19-8-4-2-6-17(15)19)32-29(25(24)27(33)36)18-7-3-5-9-20(18)31-28(29)37/h2-11,13-14,21,24-25,30,32H,12H2,1H3,(H,31,37). The molecule has 200 valence electrons. The molecule has 1 spiro atoms. The van der Waals surface area contributed by atoms with Crippen LogP contribution >= 0.6 is 0 Å². The molecule has 3 N–H and O–H groups in total. The molecule has 4 heterocycles. The molecule has 2 saturated heterocycles. The van der Waals surface area contributed by atoms with Crippen molar-refractivity contribution in [1.29, 1.82) is 0 Å². The molecule has 11 heteroatoms. The van der Waals surface area contributed by atoms with Crippen LogP contribution in [0.25, 0.3) is 10.9 Å². The molecule has 0 radical (unpaired) electrons. The molecule has 3 aromatic carbocycles. The predicted octanol–water partition coefficient (Wildman–Crippen LogP) is 3.25. The Labute approximate surface area is 227 Å². The molecule has 0 aliphatic carbocycles. The Kier molecular flexibility index (Phi) is 5.10. The van der Waals surface area contributed by atoms with Gasteiger partial charge >= 0.3 is 0 Å². The second-order valence-electron chi connectivity index (χ2n) is 10.3. The zero-order chi connectivity index (χ0) is 27.8. The molecule has 3 amide bonds. The number of nitrogens with one attached hydrogen (secondary N) is 3. The first kappa shape index (κ1) is 24.0. The van der Waals surface area contributed by atoms with Crippen LogP contribution in [0, 0.1) is 22.0 Å². The number of nitro benzene ring substituents is 1. The Bertz CT molecular complexity index is 1760. The van der Waals surface area contributed by atoms with Crippen LogP contribution in [0.15, 0.2) is 72.9 Å². The lowest BCUT2D eigenvalue weighted by molar-refractivity contribution is -0.384. The first-order chi connectivity index (χ1) is 19.3. The highest BCUT2D eigenvalue weighted by molar-refractivity contribution is 6.26. The van der Waals surface area contributed by atoms with Crippen molar-refractivity contribution >= 4 is 45.7 Å². The summed E-state index contributed by atoms with van der Waals surface area (Å²) < 4.78 is 5.40. The molecule has 1 aromatic heterocycles. The SMILES string of the molecule is COc1ccc([N+](=O)[O-])cc1N1C(=O)C2C(Cc3c[nH]c4ccccc34)NC3(C(=O)Nc4ccccc43)C2C1=O. The van der Waals surface area contributed by atoms with Crippen LogP contribution in [0.3, 0.4) is 0 Å². The summed E-state index contributed by atoms with van der Waals surface area (Å²) >= 11 is 0. The predicted molar refractivity (Wildman–Crippen MR) is 145 cm³/mol. The number of ether oxygens (including phenoxy) is 1. The van der Waals surface area contributed by atoms with Crippen molar-refractivity contribution in [2.24, 2.45) is 11.8 Å². The van der Waals surface area contributed by atoms with Crippen LogP contribution in [0.2, 0.25) is 0 Å². The van der Waals surface area contributed by atoms with Gasteiger partial charge in [0.1, 0.15) is 17.0 Å². The summed E-state index contributed by atoms with van der Waals surface area (Å²) in [4.78, 5) is 57.4. The molecule has 4 atom stereocenters. The van der Waals surface area contributed by atoms with Crippen molar-refractivity contribution in [2.45, 2.75) is 18.0 Å². The minimum absolute atomic E-state index is 0.0196. The number of carbonyl (C=O) groups is 3. The van der Waals surface area contributed by atoms with Gasteiger partial charge in [-0.3, -0.25) is 29.8 Å². The van der Waals surface area contributed by atoms with E-state index in [1.54, 1.807) is 24.3 Å². The van der Waals surface area contributed by atoms with E-state index in [0.717, 1.165) is 27.4 Å². The molecule has 3 aliphatic heterocycles. The van der Waals surface area contributed by atoms with Crippen molar-refractivity contribution < 1.29 is 24.0 Å². The molecule has 40 heavy (non-hydrogen) atoms. The fourth-order valence-electron chi connectivity index (χ4n) is 6.67. The molecule has 7 rings (SSSR count). The summed E-state index contributed by atoms with van der Waals surface area (Å²) in [6.45, 7) is 0. The summed E-state index contributed by atoms with van der Waals surface area (Å²) in [5.41, 5.74) is 1.22. The van der Waals surface area contributed by atoms with E-state index in [2.05, 4.69) is 15.6 Å². The van der Waals surface area contributed by atoms with E-state index >= 15 is 0 Å². The number of rotatable bonds is 5. The number of aromatic nitrogens is 1. The van der Waals surface area contributed by atoms with Gasteiger partial charge in [0, 0.05) is 46.5 Å². The van der Waals surface area contributed by atoms with Gasteiger partial charge < -0.3 is 15.0 Å². The summed E-state index contributed by atoms with van der Waals surface area (Å²) in [7, 11) is 1.36. The van der Waals surface area contributed by atoms with E-state index in [1.165, 1.54) is 19.2 Å². The minimum atomic E-state index is -1.49. The third-order valence-corrected chi connectivity index (χ3v) is 8.35. The van der Waals surface area contributed by atoms with Gasteiger partial charge in [0.15, 0.2) is 0 Å². The molecular formula is C29H23N5O6. The van der Waals surface area contributed by atoms with Crippen molar-refractivity contribution in [3.63, 3.8) is 0 Å². The fourth-order valence-corrected chi connectivity index (χ4v) is 6.67. The van der Waals surface area contributed by atoms with Gasteiger partial charge in [-0.15, -0.1) is 0 Å². The molecule has 11 nitrogen and oxygen atoms in total. The Balaban J connectivity index is 1.39. The zero-order valence-corrected chi connectivity index (χ0v) is 21.2. The van der Waals surface area contributed by atoms with Gasteiger partial charge in [-0.1, -0.05) is 36.4 Å². The molecule has 0 saturated carbocycles. The van der Waals surface area contributed by atoms with Crippen molar-refractivity contribution in [3.05, 3.63) is 94.2 Å². The molecular weight excluding hydrogens is 514 g/mol. The number of anilines is 2. The Morgan fingerprint density at radius 2 is 1.80 bits per heavy atom. The number of benzene rings is 3. The van der Waals surface area contributed by atoms with Crippen LogP contribution in [-0.4, -0.2) is 40.8 Å². The number of methoxy groups -OCH3 is 1. The Morgan fingerprint density at radius 1 is 1.02 bits per heavy atom. The van der Waals surface area contributed by atoms with Gasteiger partial charge in [-0.25, -0.2) is 4.90 Å². The van der Waals surface area contributed by atoms with Gasteiger partial charge in [-0.05, 0) is 30.2 Å². The zero-order valence-electron chi connectivity index (χ0n) is 21.2. The summed E-state index contributed by atoms with van der Waals surface area (Å²) in [6, 6.07) is 18.1. The first-order valence-electron chi connectivity index (χ1n) is 12.8. The van der Waals surface area contributed by atoms with E-state index < -0.39 is 46.1 Å². The van der Waals surface area contributed by atoms with Crippen LogP contribution < -0.4 is 20.3 Å². The van der Waals surface area contributed by atoms with E-state index in [0.29, 0.717) is 17.7 Å². The number of H-pyrrole nitrogens is 1. The number of imide groups is 1. The van der Waals surface area contributed by atoms with Gasteiger partial charge in [0.05, 0.1) is 23.9 Å². The maximum absolute atomic E-state index is 14.3. The van der Waals surface area contributed by atoms with E-state index in [9.17, 15) is 24.5 Å². The van der Waals surface area contributed by atoms with Gasteiger partial charge in [0.25, 0.3) is 5.69 Å². The second kappa shape index (κ2) is 8.48. The van der Waals surface area contributed by atoms with Crippen LogP contribution in [0.4, 0.5) is 17.1 Å². The number of aromatic amines is 1. The number of nitrogens with zero attached hydrogens (tertiary/aromatic N) is 2. The topological polar surface area (TPSA) is 147 Å². The van der Waals surface area contributed by atoms with Crippen LogP contribution in [-0.2, 0) is 26.3 Å². The minimum Gasteiger partial charge on any atom is -0.495 e. The van der Waals surface area contributed by atoms with Gasteiger partial charge in [-0.2, -0.15) is 0 Å². The van der Waals surface area contributed by atoms with Gasteiger partial charge in [0.2, 0.25) is 17.7 Å². The lowest BCUT2D eigenvalue weighted by atomic mass is 9.76. The quantitative estimate of drug-likeness (QED) is 0.201. The van der Waals surface area contributed by atoms with Crippen molar-refractivity contribution in [3.8, 4) is 5.75 Å². The number of hydrogen-bond donors (Lipinski definition) is 3. The molecule has 4 unspecified atom stereocenters. The first-order valence-corrected chi connectivity index (χ1v) is 12.8. The van der Waals surface area contributed by atoms with E-state index in [1.807, 2.05) is 30.5 Å². The maximum atomic E-state index is 14.3. The number of nitro groups is 1. The monoisotopic (exact) mass is 537 g/mol. The number of para-hydroxylation sites is 2. The van der Waals surface area contributed by atoms with E-state index in [-0.39, 0.29) is 17.1 Å². The normalized spacial score (nSPS) is 25.0. The Morgan fingerprint density at radius 3 is 2.60 bits per heavy atom. The van der Waals surface area contributed by atoms with Crippen LogP contribution in [0.1, 0.15) is 11.1 Å². The number of amides is 3. The molecule has 0 bridgehead atoms. The highest BCUT2D eigenvalue weighted by Gasteiger charge is 2.70. The maximum Gasteiger partial charge on any atom is 0.271 e. The smallest absolute Gasteiger partial charge is 0.271 e. The summed E-state index contributed by atoms with van der Waals surface area (Å²) in [6.07, 6.45) is 2.24. The van der Waals surface area contributed by atoms with Crippen molar-refractivity contribution in [1.82, 2.24) is 10.3 Å².